The van der Waals surface area contributed by atoms with Crippen molar-refractivity contribution >= 4 is 44.0 Å². The smallest absolute Gasteiger partial charge is 0.265 e. The third-order valence-corrected chi connectivity index (χ3v) is 7.81. The van der Waals surface area contributed by atoms with Crippen LogP contribution in [0.5, 0.6) is 0 Å². The van der Waals surface area contributed by atoms with Crippen LogP contribution in [0.25, 0.3) is 4.96 Å². The number of aromatic nitrogens is 5. The molecule has 4 rings (SSSR count). The van der Waals surface area contributed by atoms with Gasteiger partial charge < -0.3 is 0 Å². The molecule has 162 valence electrons. The van der Waals surface area contributed by atoms with Crippen molar-refractivity contribution in [3.63, 3.8) is 0 Å². The molecular weight excluding hydrogens is 438 g/mol. The lowest BCUT2D eigenvalue weighted by atomic mass is 10.2. The van der Waals surface area contributed by atoms with Crippen LogP contribution in [-0.2, 0) is 17.1 Å². The predicted molar refractivity (Wildman–Crippen MR) is 118 cm³/mol. The molecule has 0 saturated heterocycles. The third-order valence-electron chi connectivity index (χ3n) is 5.00. The standard InChI is InChI=1S/C19H21N7O3S2/c1-11-6-8-14(9-7-11)31(28,29)25(5)17-15(10-20-24(17)4)16(27)21-18-22-19-26(23-18)12(2)13(3)30-19/h6-10H,1-5H3,(H,21,23,27). The van der Waals surface area contributed by atoms with Gasteiger partial charge in [-0.15, -0.1) is 5.10 Å². The van der Waals surface area contributed by atoms with Crippen LogP contribution in [0.15, 0.2) is 35.4 Å². The number of nitrogens with zero attached hydrogens (tertiary/aromatic N) is 6. The first-order valence-electron chi connectivity index (χ1n) is 9.31. The van der Waals surface area contributed by atoms with Crippen LogP contribution in [0.2, 0.25) is 0 Å². The van der Waals surface area contributed by atoms with Crippen molar-refractivity contribution < 1.29 is 13.2 Å². The summed E-state index contributed by atoms with van der Waals surface area (Å²) < 4.78 is 30.3. The minimum Gasteiger partial charge on any atom is -0.289 e. The lowest BCUT2D eigenvalue weighted by Gasteiger charge is -2.20. The van der Waals surface area contributed by atoms with E-state index in [1.165, 1.54) is 41.4 Å². The molecule has 3 aromatic heterocycles. The summed E-state index contributed by atoms with van der Waals surface area (Å²) >= 11 is 1.47. The number of sulfonamides is 1. The topological polar surface area (TPSA) is 114 Å². The van der Waals surface area contributed by atoms with Crippen molar-refractivity contribution in [2.45, 2.75) is 25.7 Å². The third kappa shape index (κ3) is 3.57. The van der Waals surface area contributed by atoms with Crippen molar-refractivity contribution in [3.8, 4) is 0 Å². The van der Waals surface area contributed by atoms with Crippen molar-refractivity contribution in [1.29, 1.82) is 0 Å². The van der Waals surface area contributed by atoms with Crippen molar-refractivity contribution in [2.24, 2.45) is 7.05 Å². The summed E-state index contributed by atoms with van der Waals surface area (Å²) in [5, 5.41) is 11.0. The zero-order chi connectivity index (χ0) is 22.5. The molecule has 0 radical (unpaired) electrons. The number of benzene rings is 1. The number of fused-ring (bicyclic) bond motifs is 1. The maximum absolute atomic E-state index is 13.1. The Kier molecular flexibility index (Phi) is 5.06. The van der Waals surface area contributed by atoms with E-state index in [1.54, 1.807) is 23.7 Å². The number of carbonyl (C=O) groups is 1. The summed E-state index contributed by atoms with van der Waals surface area (Å²) in [5.74, 6) is -0.286. The van der Waals surface area contributed by atoms with Crippen molar-refractivity contribution in [2.75, 3.05) is 16.7 Å². The molecule has 12 heteroatoms. The highest BCUT2D eigenvalue weighted by molar-refractivity contribution is 7.92. The zero-order valence-corrected chi connectivity index (χ0v) is 19.2. The fourth-order valence-corrected chi connectivity index (χ4v) is 5.26. The van der Waals surface area contributed by atoms with Crippen LogP contribution in [0.4, 0.5) is 11.8 Å². The van der Waals surface area contributed by atoms with Gasteiger partial charge in [-0.3, -0.25) is 19.1 Å². The maximum Gasteiger partial charge on any atom is 0.265 e. The largest absolute Gasteiger partial charge is 0.289 e. The van der Waals surface area contributed by atoms with Crippen LogP contribution < -0.4 is 9.62 Å². The Morgan fingerprint density at radius 3 is 2.48 bits per heavy atom. The lowest BCUT2D eigenvalue weighted by Crippen LogP contribution is -2.30. The second-order valence-electron chi connectivity index (χ2n) is 7.12. The van der Waals surface area contributed by atoms with Crippen LogP contribution in [0.3, 0.4) is 0 Å². The van der Waals surface area contributed by atoms with E-state index in [2.05, 4.69) is 20.5 Å². The van der Waals surface area contributed by atoms with Gasteiger partial charge in [-0.25, -0.2) is 12.9 Å². The van der Waals surface area contributed by atoms with Gasteiger partial charge in [-0.1, -0.05) is 29.0 Å². The number of thiazole rings is 1. The number of nitrogens with one attached hydrogen (secondary N) is 1. The van der Waals surface area contributed by atoms with Gasteiger partial charge in [0.25, 0.3) is 21.9 Å². The molecule has 0 saturated carbocycles. The molecule has 0 aliphatic rings. The summed E-state index contributed by atoms with van der Waals surface area (Å²) in [6.45, 7) is 5.77. The van der Waals surface area contributed by atoms with Gasteiger partial charge in [0.1, 0.15) is 5.56 Å². The quantitative estimate of drug-likeness (QED) is 0.490. The van der Waals surface area contributed by atoms with Crippen LogP contribution in [-0.4, -0.2) is 45.8 Å². The fraction of sp³-hybridized carbons (Fsp3) is 0.263. The van der Waals surface area contributed by atoms with E-state index >= 15 is 0 Å². The second-order valence-corrected chi connectivity index (χ2v) is 10.3. The number of rotatable bonds is 5. The van der Waals surface area contributed by atoms with Crippen LogP contribution >= 0.6 is 11.3 Å². The molecule has 0 bridgehead atoms. The SMILES string of the molecule is Cc1ccc(S(=O)(=O)N(C)c2c(C(=O)Nc3nc4sc(C)c(C)n4n3)cnn2C)cc1. The molecule has 0 unspecified atom stereocenters. The molecule has 0 spiro atoms. The minimum absolute atomic E-state index is 0.0896. The Hall–Kier alpha value is -3.25. The Labute approximate surface area is 183 Å². The van der Waals surface area contributed by atoms with E-state index in [4.69, 9.17) is 0 Å². The molecule has 31 heavy (non-hydrogen) atoms. The molecule has 0 atom stereocenters. The Balaban J connectivity index is 1.66. The van der Waals surface area contributed by atoms with E-state index in [0.717, 1.165) is 20.4 Å². The maximum atomic E-state index is 13.1. The van der Waals surface area contributed by atoms with E-state index in [9.17, 15) is 13.2 Å². The predicted octanol–water partition coefficient (Wildman–Crippen LogP) is 2.53. The van der Waals surface area contributed by atoms with Gasteiger partial charge in [0, 0.05) is 19.0 Å². The van der Waals surface area contributed by atoms with E-state index < -0.39 is 15.9 Å². The van der Waals surface area contributed by atoms with Gasteiger partial charge in [-0.05, 0) is 32.9 Å². The molecule has 3 heterocycles. The Morgan fingerprint density at radius 1 is 1.16 bits per heavy atom. The van der Waals surface area contributed by atoms with Crippen molar-refractivity contribution in [1.82, 2.24) is 24.4 Å². The van der Waals surface area contributed by atoms with Crippen LogP contribution in [0, 0.1) is 20.8 Å². The fourth-order valence-electron chi connectivity index (χ4n) is 3.11. The molecule has 10 nitrogen and oxygen atoms in total. The van der Waals surface area contributed by atoms with Gasteiger partial charge in [-0.2, -0.15) is 10.1 Å². The Morgan fingerprint density at radius 2 is 1.84 bits per heavy atom. The normalized spacial score (nSPS) is 11.8. The summed E-state index contributed by atoms with van der Waals surface area (Å²) in [4.78, 5) is 19.1. The molecular formula is C19H21N7O3S2. The van der Waals surface area contributed by atoms with Gasteiger partial charge in [0.15, 0.2) is 5.82 Å². The van der Waals surface area contributed by atoms with Gasteiger partial charge >= 0.3 is 0 Å². The highest BCUT2D eigenvalue weighted by atomic mass is 32.2. The first kappa shape index (κ1) is 21.0. The highest BCUT2D eigenvalue weighted by Crippen LogP contribution is 2.26. The first-order valence-corrected chi connectivity index (χ1v) is 11.6. The minimum atomic E-state index is -3.89. The summed E-state index contributed by atoms with van der Waals surface area (Å²) in [6, 6.07) is 6.50. The molecule has 1 aromatic carbocycles. The first-order chi connectivity index (χ1) is 14.6. The number of hydrogen-bond donors (Lipinski definition) is 1. The number of anilines is 2. The lowest BCUT2D eigenvalue weighted by molar-refractivity contribution is 0.102. The average Bonchev–Trinajstić information content (AvgIpc) is 3.36. The van der Waals surface area contributed by atoms with Crippen molar-refractivity contribution in [3.05, 3.63) is 52.2 Å². The monoisotopic (exact) mass is 459 g/mol. The average molecular weight is 460 g/mol. The van der Waals surface area contributed by atoms with E-state index in [-0.39, 0.29) is 22.2 Å². The molecule has 0 aliphatic carbocycles. The highest BCUT2D eigenvalue weighted by Gasteiger charge is 2.29. The van der Waals surface area contributed by atoms with Gasteiger partial charge in [0.2, 0.25) is 4.96 Å². The molecule has 0 fully saturated rings. The summed E-state index contributed by atoms with van der Waals surface area (Å²) in [5.41, 5.74) is 1.98. The Bertz CT molecular complexity index is 1400. The molecule has 1 N–H and O–H groups in total. The van der Waals surface area contributed by atoms with Crippen LogP contribution in [0.1, 0.15) is 26.5 Å². The van der Waals surface area contributed by atoms with E-state index in [1.807, 2.05) is 20.8 Å². The number of carbonyl (C=O) groups excluding carboxylic acids is 1. The summed E-state index contributed by atoms with van der Waals surface area (Å²) in [7, 11) is -0.931. The van der Waals surface area contributed by atoms with Gasteiger partial charge in [0.05, 0.1) is 16.8 Å². The zero-order valence-electron chi connectivity index (χ0n) is 17.6. The summed E-state index contributed by atoms with van der Waals surface area (Å²) in [6.07, 6.45) is 1.32. The molecule has 4 aromatic rings. The number of hydrogen-bond acceptors (Lipinski definition) is 7. The number of amides is 1. The molecule has 1 amide bonds. The van der Waals surface area contributed by atoms with E-state index in [0.29, 0.717) is 4.96 Å². The second kappa shape index (κ2) is 7.46. The molecule has 0 aliphatic heterocycles. The number of aryl methyl sites for hydroxylation is 4.